The first kappa shape index (κ1) is 17.1. The molecule has 2 N–H and O–H groups in total. The SMILES string of the molecule is CCNCCNC(=O)c1nc(C(C)C)n(-c2ccccc2F)n1. The average molecular weight is 319 g/mol. The molecule has 0 aliphatic carbocycles. The van der Waals surface area contributed by atoms with Crippen LogP contribution < -0.4 is 10.6 Å². The molecule has 0 aliphatic heterocycles. The number of para-hydroxylation sites is 1. The van der Waals surface area contributed by atoms with Crippen LogP contribution in [0.25, 0.3) is 5.69 Å². The van der Waals surface area contributed by atoms with Crippen LogP contribution in [-0.4, -0.2) is 40.3 Å². The fourth-order valence-corrected chi connectivity index (χ4v) is 2.12. The van der Waals surface area contributed by atoms with E-state index in [1.54, 1.807) is 18.2 Å². The normalized spacial score (nSPS) is 11.0. The summed E-state index contributed by atoms with van der Waals surface area (Å²) in [5, 5.41) is 10.1. The molecular weight excluding hydrogens is 297 g/mol. The minimum Gasteiger partial charge on any atom is -0.348 e. The van der Waals surface area contributed by atoms with Crippen molar-refractivity contribution < 1.29 is 9.18 Å². The van der Waals surface area contributed by atoms with Gasteiger partial charge in [-0.3, -0.25) is 4.79 Å². The molecule has 23 heavy (non-hydrogen) atoms. The first-order chi connectivity index (χ1) is 11.0. The molecule has 0 unspecified atom stereocenters. The average Bonchev–Trinajstić information content (AvgIpc) is 2.97. The van der Waals surface area contributed by atoms with E-state index in [-0.39, 0.29) is 23.3 Å². The molecule has 1 aromatic heterocycles. The van der Waals surface area contributed by atoms with E-state index in [2.05, 4.69) is 20.7 Å². The van der Waals surface area contributed by atoms with Crippen molar-refractivity contribution in [2.75, 3.05) is 19.6 Å². The van der Waals surface area contributed by atoms with Crippen molar-refractivity contribution in [2.45, 2.75) is 26.7 Å². The van der Waals surface area contributed by atoms with Crippen LogP contribution in [0.4, 0.5) is 4.39 Å². The number of nitrogens with zero attached hydrogens (tertiary/aromatic N) is 3. The number of amides is 1. The third-order valence-electron chi connectivity index (χ3n) is 3.27. The Morgan fingerprint density at radius 2 is 2.04 bits per heavy atom. The molecule has 1 heterocycles. The summed E-state index contributed by atoms with van der Waals surface area (Å²) in [6.07, 6.45) is 0. The van der Waals surface area contributed by atoms with E-state index in [0.29, 0.717) is 18.9 Å². The molecule has 124 valence electrons. The van der Waals surface area contributed by atoms with E-state index in [0.717, 1.165) is 6.54 Å². The Hall–Kier alpha value is -2.28. The van der Waals surface area contributed by atoms with Gasteiger partial charge in [-0.25, -0.2) is 14.1 Å². The van der Waals surface area contributed by atoms with Gasteiger partial charge in [0, 0.05) is 19.0 Å². The maximum absolute atomic E-state index is 14.0. The smallest absolute Gasteiger partial charge is 0.291 e. The van der Waals surface area contributed by atoms with E-state index < -0.39 is 5.82 Å². The van der Waals surface area contributed by atoms with Crippen molar-refractivity contribution in [2.24, 2.45) is 0 Å². The summed E-state index contributed by atoms with van der Waals surface area (Å²) < 4.78 is 15.4. The van der Waals surface area contributed by atoms with Crippen LogP contribution in [-0.2, 0) is 0 Å². The Kier molecular flexibility index (Phi) is 5.81. The van der Waals surface area contributed by atoms with Gasteiger partial charge in [0.2, 0.25) is 5.82 Å². The number of benzene rings is 1. The molecule has 1 amide bonds. The molecule has 2 aromatic rings. The van der Waals surface area contributed by atoms with Crippen LogP contribution in [0.15, 0.2) is 24.3 Å². The third kappa shape index (κ3) is 4.13. The number of nitrogens with one attached hydrogen (secondary N) is 2. The molecule has 0 saturated carbocycles. The van der Waals surface area contributed by atoms with E-state index in [4.69, 9.17) is 0 Å². The number of aromatic nitrogens is 3. The summed E-state index contributed by atoms with van der Waals surface area (Å²) in [7, 11) is 0. The lowest BCUT2D eigenvalue weighted by Gasteiger charge is -2.08. The number of carbonyl (C=O) groups excluding carboxylic acids is 1. The molecule has 7 heteroatoms. The van der Waals surface area contributed by atoms with Crippen LogP contribution in [0.2, 0.25) is 0 Å². The van der Waals surface area contributed by atoms with Gasteiger partial charge in [-0.05, 0) is 18.7 Å². The molecular formula is C16H22FN5O. The number of carbonyl (C=O) groups is 1. The molecule has 6 nitrogen and oxygen atoms in total. The monoisotopic (exact) mass is 319 g/mol. The van der Waals surface area contributed by atoms with Gasteiger partial charge in [0.05, 0.1) is 0 Å². The van der Waals surface area contributed by atoms with Gasteiger partial charge in [-0.1, -0.05) is 32.9 Å². The Morgan fingerprint density at radius 3 is 2.70 bits per heavy atom. The Balaban J connectivity index is 2.25. The van der Waals surface area contributed by atoms with Crippen LogP contribution in [0.3, 0.4) is 0 Å². The van der Waals surface area contributed by atoms with Crippen molar-refractivity contribution >= 4 is 5.91 Å². The second-order valence-electron chi connectivity index (χ2n) is 5.42. The van der Waals surface area contributed by atoms with E-state index >= 15 is 0 Å². The molecule has 0 atom stereocenters. The second-order valence-corrected chi connectivity index (χ2v) is 5.42. The van der Waals surface area contributed by atoms with Gasteiger partial charge < -0.3 is 10.6 Å². The van der Waals surface area contributed by atoms with Crippen molar-refractivity contribution in [1.82, 2.24) is 25.4 Å². The zero-order valence-electron chi connectivity index (χ0n) is 13.6. The van der Waals surface area contributed by atoms with Gasteiger partial charge in [0.25, 0.3) is 5.91 Å². The first-order valence-electron chi connectivity index (χ1n) is 7.75. The summed E-state index contributed by atoms with van der Waals surface area (Å²) in [5.74, 6) is -0.163. The van der Waals surface area contributed by atoms with Gasteiger partial charge in [0.15, 0.2) is 0 Å². The number of halogens is 1. The van der Waals surface area contributed by atoms with Crippen LogP contribution in [0.1, 0.15) is 43.1 Å². The lowest BCUT2D eigenvalue weighted by Crippen LogP contribution is -2.32. The van der Waals surface area contributed by atoms with Crippen molar-refractivity contribution in [1.29, 1.82) is 0 Å². The highest BCUT2D eigenvalue weighted by Crippen LogP contribution is 2.19. The van der Waals surface area contributed by atoms with E-state index in [9.17, 15) is 9.18 Å². The molecule has 0 spiro atoms. The highest BCUT2D eigenvalue weighted by Gasteiger charge is 2.20. The Bertz CT molecular complexity index is 668. The minimum atomic E-state index is -0.404. The quantitative estimate of drug-likeness (QED) is 0.764. The Morgan fingerprint density at radius 1 is 1.30 bits per heavy atom. The highest BCUT2D eigenvalue weighted by atomic mass is 19.1. The number of likely N-dealkylation sites (N-methyl/N-ethyl adjacent to an activating group) is 1. The zero-order valence-corrected chi connectivity index (χ0v) is 13.6. The van der Waals surface area contributed by atoms with Crippen molar-refractivity contribution in [3.63, 3.8) is 0 Å². The summed E-state index contributed by atoms with van der Waals surface area (Å²) in [5.41, 5.74) is 0.287. The number of hydrogen-bond acceptors (Lipinski definition) is 4. The standard InChI is InChI=1S/C16H22FN5O/c1-4-18-9-10-19-16(23)14-20-15(11(2)3)22(21-14)13-8-6-5-7-12(13)17/h5-8,11,18H,4,9-10H2,1-3H3,(H,19,23). The lowest BCUT2D eigenvalue weighted by molar-refractivity contribution is 0.0943. The lowest BCUT2D eigenvalue weighted by atomic mass is 10.2. The van der Waals surface area contributed by atoms with Crippen molar-refractivity contribution in [3.05, 3.63) is 41.7 Å². The summed E-state index contributed by atoms with van der Waals surface area (Å²) in [6.45, 7) is 7.84. The molecule has 0 aliphatic rings. The summed E-state index contributed by atoms with van der Waals surface area (Å²) in [4.78, 5) is 16.4. The predicted octanol–water partition coefficient (Wildman–Crippen LogP) is 1.87. The summed E-state index contributed by atoms with van der Waals surface area (Å²) >= 11 is 0. The van der Waals surface area contributed by atoms with Crippen LogP contribution >= 0.6 is 0 Å². The third-order valence-corrected chi connectivity index (χ3v) is 3.27. The summed E-state index contributed by atoms with van der Waals surface area (Å²) in [6, 6.07) is 6.31. The second kappa shape index (κ2) is 7.82. The van der Waals surface area contributed by atoms with Gasteiger partial charge in [-0.2, -0.15) is 0 Å². The topological polar surface area (TPSA) is 71.8 Å². The fourth-order valence-electron chi connectivity index (χ4n) is 2.12. The zero-order chi connectivity index (χ0) is 16.8. The maximum Gasteiger partial charge on any atom is 0.291 e. The molecule has 1 aromatic carbocycles. The Labute approximate surface area is 135 Å². The number of hydrogen-bond donors (Lipinski definition) is 2. The van der Waals surface area contributed by atoms with Gasteiger partial charge in [0.1, 0.15) is 17.3 Å². The highest BCUT2D eigenvalue weighted by molar-refractivity contribution is 5.90. The predicted molar refractivity (Wildman–Crippen MR) is 86.3 cm³/mol. The first-order valence-corrected chi connectivity index (χ1v) is 7.75. The largest absolute Gasteiger partial charge is 0.348 e. The van der Waals surface area contributed by atoms with Gasteiger partial charge >= 0.3 is 0 Å². The van der Waals surface area contributed by atoms with Crippen LogP contribution in [0.5, 0.6) is 0 Å². The fraction of sp³-hybridized carbons (Fsp3) is 0.438. The minimum absolute atomic E-state index is 0.00501. The molecule has 0 bridgehead atoms. The van der Waals surface area contributed by atoms with Gasteiger partial charge in [-0.15, -0.1) is 5.10 Å². The number of rotatable bonds is 7. The van der Waals surface area contributed by atoms with Crippen molar-refractivity contribution in [3.8, 4) is 5.69 Å². The molecule has 0 radical (unpaired) electrons. The molecule has 2 rings (SSSR count). The molecule has 0 fully saturated rings. The van der Waals surface area contributed by atoms with Crippen LogP contribution in [0, 0.1) is 5.82 Å². The van der Waals surface area contributed by atoms with E-state index in [1.165, 1.54) is 10.7 Å². The maximum atomic E-state index is 14.0. The van der Waals surface area contributed by atoms with E-state index in [1.807, 2.05) is 20.8 Å². The molecule has 0 saturated heterocycles.